The van der Waals surface area contributed by atoms with Gasteiger partial charge in [-0.1, -0.05) is 0 Å². The first-order valence-corrected chi connectivity index (χ1v) is 5.32. The number of fused-ring (bicyclic) bond motifs is 1. The minimum Gasteiger partial charge on any atom is -0.408 e. The van der Waals surface area contributed by atoms with E-state index in [-0.39, 0.29) is 5.91 Å². The highest BCUT2D eigenvalue weighted by atomic mass is 16.4. The summed E-state index contributed by atoms with van der Waals surface area (Å²) < 4.78 is 4.89. The molecule has 1 aromatic heterocycles. The molecule has 17 heavy (non-hydrogen) atoms. The van der Waals surface area contributed by atoms with Crippen LogP contribution in [0.1, 0.15) is 12.8 Å². The molecule has 0 saturated heterocycles. The first-order chi connectivity index (χ1) is 8.19. The van der Waals surface area contributed by atoms with Gasteiger partial charge in [0.25, 0.3) is 0 Å². The van der Waals surface area contributed by atoms with Gasteiger partial charge in [-0.2, -0.15) is 0 Å². The molecule has 0 saturated carbocycles. The lowest BCUT2D eigenvalue weighted by atomic mass is 10.2. The number of aromatic nitrogens is 1. The molecule has 0 fully saturated rings. The van der Waals surface area contributed by atoms with Crippen molar-refractivity contribution in [3.05, 3.63) is 28.7 Å². The number of hydrogen-bond donors (Lipinski definition) is 3. The van der Waals surface area contributed by atoms with Gasteiger partial charge >= 0.3 is 5.76 Å². The quantitative estimate of drug-likeness (QED) is 0.729. The molecule has 2 rings (SSSR count). The lowest BCUT2D eigenvalue weighted by Gasteiger charge is -2.03. The average molecular weight is 235 g/mol. The molecule has 0 spiro atoms. The number of oxazole rings is 1. The molecule has 0 bridgehead atoms. The van der Waals surface area contributed by atoms with Crippen LogP contribution in [0.4, 0.5) is 5.69 Å². The Labute approximate surface area is 96.8 Å². The summed E-state index contributed by atoms with van der Waals surface area (Å²) in [7, 11) is 0. The van der Waals surface area contributed by atoms with Crippen LogP contribution < -0.4 is 16.8 Å². The third-order valence-corrected chi connectivity index (χ3v) is 2.31. The fourth-order valence-electron chi connectivity index (χ4n) is 1.51. The van der Waals surface area contributed by atoms with Crippen molar-refractivity contribution in [2.24, 2.45) is 5.73 Å². The van der Waals surface area contributed by atoms with Gasteiger partial charge in [-0.15, -0.1) is 0 Å². The zero-order valence-corrected chi connectivity index (χ0v) is 9.16. The highest BCUT2D eigenvalue weighted by molar-refractivity contribution is 5.92. The predicted molar refractivity (Wildman–Crippen MR) is 63.8 cm³/mol. The van der Waals surface area contributed by atoms with Crippen LogP contribution >= 0.6 is 0 Å². The van der Waals surface area contributed by atoms with E-state index >= 15 is 0 Å². The van der Waals surface area contributed by atoms with E-state index in [0.717, 1.165) is 0 Å². The Morgan fingerprint density at radius 2 is 2.29 bits per heavy atom. The molecule has 0 radical (unpaired) electrons. The Morgan fingerprint density at radius 3 is 3.06 bits per heavy atom. The summed E-state index contributed by atoms with van der Waals surface area (Å²) >= 11 is 0. The zero-order valence-electron chi connectivity index (χ0n) is 9.16. The number of hydrogen-bond acceptors (Lipinski definition) is 4. The van der Waals surface area contributed by atoms with Crippen LogP contribution in [0.2, 0.25) is 0 Å². The Morgan fingerprint density at radius 1 is 1.47 bits per heavy atom. The summed E-state index contributed by atoms with van der Waals surface area (Å²) in [5.74, 6) is -0.612. The maximum Gasteiger partial charge on any atom is 0.417 e. The molecule has 0 atom stereocenters. The minimum absolute atomic E-state index is 0.104. The molecule has 6 heteroatoms. The van der Waals surface area contributed by atoms with Gasteiger partial charge in [0, 0.05) is 18.2 Å². The van der Waals surface area contributed by atoms with Crippen LogP contribution in [0.5, 0.6) is 0 Å². The van der Waals surface area contributed by atoms with Gasteiger partial charge in [0.2, 0.25) is 5.91 Å². The van der Waals surface area contributed by atoms with Crippen molar-refractivity contribution in [3.63, 3.8) is 0 Å². The number of anilines is 1. The number of carbonyl (C=O) groups excluding carboxylic acids is 1. The maximum absolute atomic E-state index is 11.4. The second-order valence-electron chi connectivity index (χ2n) is 3.67. The van der Waals surface area contributed by atoms with E-state index in [4.69, 9.17) is 10.2 Å². The fourth-order valence-corrected chi connectivity index (χ4v) is 1.51. The third-order valence-electron chi connectivity index (χ3n) is 2.31. The van der Waals surface area contributed by atoms with Gasteiger partial charge in [-0.3, -0.25) is 9.78 Å². The highest BCUT2D eigenvalue weighted by Crippen LogP contribution is 2.16. The average Bonchev–Trinajstić information content (AvgIpc) is 2.65. The molecule has 2 aromatic rings. The third kappa shape index (κ3) is 2.73. The number of aromatic amines is 1. The van der Waals surface area contributed by atoms with Crippen LogP contribution in [0.25, 0.3) is 11.1 Å². The molecule has 4 N–H and O–H groups in total. The summed E-state index contributed by atoms with van der Waals surface area (Å²) in [6.07, 6.45) is 1.03. The number of rotatable bonds is 4. The normalized spacial score (nSPS) is 10.6. The summed E-state index contributed by atoms with van der Waals surface area (Å²) in [6.45, 7) is 0.485. The Hall–Kier alpha value is -2.08. The van der Waals surface area contributed by atoms with E-state index in [1.54, 1.807) is 18.2 Å². The van der Waals surface area contributed by atoms with E-state index in [1.165, 1.54) is 0 Å². The number of H-pyrrole nitrogens is 1. The Kier molecular flexibility index (Phi) is 3.24. The fraction of sp³-hybridized carbons (Fsp3) is 0.273. The van der Waals surface area contributed by atoms with Crippen LogP contribution in [0.15, 0.2) is 27.4 Å². The predicted octanol–water partition coefficient (Wildman–Crippen LogP) is 0.798. The smallest absolute Gasteiger partial charge is 0.408 e. The second kappa shape index (κ2) is 4.84. The molecule has 0 unspecified atom stereocenters. The minimum atomic E-state index is -0.508. The number of carbonyl (C=O) groups is 1. The molecule has 1 amide bonds. The van der Waals surface area contributed by atoms with E-state index in [9.17, 15) is 9.59 Å². The summed E-state index contributed by atoms with van der Waals surface area (Å²) in [5.41, 5.74) is 6.94. The van der Waals surface area contributed by atoms with E-state index in [1.807, 2.05) is 0 Å². The molecule has 6 nitrogen and oxygen atoms in total. The van der Waals surface area contributed by atoms with Crippen LogP contribution in [0, 0.1) is 0 Å². The van der Waals surface area contributed by atoms with Crippen molar-refractivity contribution in [2.75, 3.05) is 11.9 Å². The maximum atomic E-state index is 11.4. The number of amides is 1. The largest absolute Gasteiger partial charge is 0.417 e. The van der Waals surface area contributed by atoms with E-state index in [2.05, 4.69) is 10.3 Å². The topological polar surface area (TPSA) is 101 Å². The van der Waals surface area contributed by atoms with Gasteiger partial charge in [-0.25, -0.2) is 4.79 Å². The van der Waals surface area contributed by atoms with Crippen LogP contribution in [-0.4, -0.2) is 17.4 Å². The van der Waals surface area contributed by atoms with Crippen LogP contribution in [-0.2, 0) is 4.79 Å². The summed E-state index contributed by atoms with van der Waals surface area (Å²) in [5, 5.41) is 2.71. The standard InChI is InChI=1S/C11H13N3O3/c12-5-1-2-10(15)13-7-3-4-8-9(6-7)17-11(16)14-8/h3-4,6H,1-2,5,12H2,(H,13,15)(H,14,16). The molecule has 0 aliphatic heterocycles. The molecule has 90 valence electrons. The Balaban J connectivity index is 2.13. The molecule has 1 aromatic carbocycles. The van der Waals surface area contributed by atoms with Gasteiger partial charge in [-0.05, 0) is 25.1 Å². The molecular formula is C11H13N3O3. The van der Waals surface area contributed by atoms with Gasteiger partial charge in [0.05, 0.1) is 5.52 Å². The van der Waals surface area contributed by atoms with Crippen LogP contribution in [0.3, 0.4) is 0 Å². The number of nitrogens with one attached hydrogen (secondary N) is 2. The highest BCUT2D eigenvalue weighted by Gasteiger charge is 2.05. The van der Waals surface area contributed by atoms with Crippen molar-refractivity contribution in [2.45, 2.75) is 12.8 Å². The van der Waals surface area contributed by atoms with Gasteiger partial charge < -0.3 is 15.5 Å². The van der Waals surface area contributed by atoms with Crippen molar-refractivity contribution >= 4 is 22.7 Å². The summed E-state index contributed by atoms with van der Waals surface area (Å²) in [4.78, 5) is 24.9. The molecule has 0 aliphatic carbocycles. The van der Waals surface area contributed by atoms with Crippen molar-refractivity contribution in [3.8, 4) is 0 Å². The second-order valence-corrected chi connectivity index (χ2v) is 3.67. The van der Waals surface area contributed by atoms with Gasteiger partial charge in [0.15, 0.2) is 5.58 Å². The number of nitrogens with two attached hydrogens (primary N) is 1. The first-order valence-electron chi connectivity index (χ1n) is 5.32. The van der Waals surface area contributed by atoms with Crippen molar-refractivity contribution in [1.29, 1.82) is 0 Å². The van der Waals surface area contributed by atoms with Gasteiger partial charge in [0.1, 0.15) is 0 Å². The number of benzene rings is 1. The lowest BCUT2D eigenvalue weighted by molar-refractivity contribution is -0.116. The first kappa shape index (κ1) is 11.4. The van der Waals surface area contributed by atoms with Crippen molar-refractivity contribution in [1.82, 2.24) is 4.98 Å². The molecule has 1 heterocycles. The van der Waals surface area contributed by atoms with Crippen molar-refractivity contribution < 1.29 is 9.21 Å². The lowest BCUT2D eigenvalue weighted by Crippen LogP contribution is -2.13. The monoisotopic (exact) mass is 235 g/mol. The molecule has 0 aliphatic rings. The van der Waals surface area contributed by atoms with E-state index < -0.39 is 5.76 Å². The van der Waals surface area contributed by atoms with E-state index in [0.29, 0.717) is 36.2 Å². The SMILES string of the molecule is NCCCC(=O)Nc1ccc2[nH]c(=O)oc2c1. The molecular weight excluding hydrogens is 222 g/mol. The summed E-state index contributed by atoms with van der Waals surface area (Å²) in [6, 6.07) is 4.99. The zero-order chi connectivity index (χ0) is 12.3. The Bertz CT molecular complexity index is 585.